The second kappa shape index (κ2) is 6.14. The minimum atomic E-state index is -1.07. The van der Waals surface area contributed by atoms with Crippen LogP contribution >= 0.6 is 0 Å². The first-order valence-corrected chi connectivity index (χ1v) is 5.89. The van der Waals surface area contributed by atoms with Gasteiger partial charge in [0, 0.05) is 12.7 Å². The quantitative estimate of drug-likeness (QED) is 0.835. The zero-order chi connectivity index (χ0) is 13.7. The van der Waals surface area contributed by atoms with Gasteiger partial charge in [-0.1, -0.05) is 20.8 Å². The van der Waals surface area contributed by atoms with E-state index in [1.54, 1.807) is 0 Å². The number of nitrogens with one attached hydrogen (secondary N) is 1. The number of pyridine rings is 1. The maximum atomic E-state index is 11.8. The Balaban J connectivity index is 2.67. The smallest absolute Gasteiger partial charge is 0.335 e. The van der Waals surface area contributed by atoms with E-state index in [1.165, 1.54) is 18.3 Å². The standard InChI is InChI=1S/C13H18N2O3/c1-8(2)9(3)7-15-12(16)11-6-10(13(17)18)4-5-14-11/h4-6,8-9H,7H2,1-3H3,(H,15,16)(H,17,18). The van der Waals surface area contributed by atoms with Crippen molar-refractivity contribution in [1.82, 2.24) is 10.3 Å². The summed E-state index contributed by atoms with van der Waals surface area (Å²) in [5.41, 5.74) is 0.193. The molecule has 5 heteroatoms. The van der Waals surface area contributed by atoms with E-state index in [2.05, 4.69) is 24.1 Å². The number of carbonyl (C=O) groups excluding carboxylic acids is 1. The molecule has 1 unspecified atom stereocenters. The Hall–Kier alpha value is -1.91. The van der Waals surface area contributed by atoms with Gasteiger partial charge in [0.05, 0.1) is 5.56 Å². The predicted molar refractivity (Wildman–Crippen MR) is 67.5 cm³/mol. The highest BCUT2D eigenvalue weighted by Gasteiger charge is 2.13. The van der Waals surface area contributed by atoms with Gasteiger partial charge in [-0.3, -0.25) is 9.78 Å². The molecule has 1 amide bonds. The Morgan fingerprint density at radius 3 is 2.61 bits per heavy atom. The summed E-state index contributed by atoms with van der Waals surface area (Å²) in [6.45, 7) is 6.77. The second-order valence-corrected chi connectivity index (χ2v) is 4.67. The SMILES string of the molecule is CC(C)C(C)CNC(=O)c1cc(C(=O)O)ccn1. The molecule has 0 saturated carbocycles. The molecule has 0 aliphatic rings. The third-order valence-corrected chi connectivity index (χ3v) is 2.96. The molecule has 2 N–H and O–H groups in total. The number of carbonyl (C=O) groups is 2. The summed E-state index contributed by atoms with van der Waals surface area (Å²) in [4.78, 5) is 26.4. The van der Waals surface area contributed by atoms with Gasteiger partial charge in [-0.05, 0) is 24.0 Å². The van der Waals surface area contributed by atoms with Gasteiger partial charge >= 0.3 is 5.97 Å². The second-order valence-electron chi connectivity index (χ2n) is 4.67. The van der Waals surface area contributed by atoms with Crippen LogP contribution in [0, 0.1) is 11.8 Å². The fraction of sp³-hybridized carbons (Fsp3) is 0.462. The van der Waals surface area contributed by atoms with Gasteiger partial charge in [0.15, 0.2) is 0 Å². The molecular weight excluding hydrogens is 232 g/mol. The maximum absolute atomic E-state index is 11.8. The molecule has 1 aromatic heterocycles. The Morgan fingerprint density at radius 1 is 1.39 bits per heavy atom. The molecule has 5 nitrogen and oxygen atoms in total. The number of amides is 1. The van der Waals surface area contributed by atoms with E-state index in [-0.39, 0.29) is 17.2 Å². The van der Waals surface area contributed by atoms with Crippen molar-refractivity contribution in [3.05, 3.63) is 29.6 Å². The van der Waals surface area contributed by atoms with Crippen LogP contribution in [0.15, 0.2) is 18.3 Å². The van der Waals surface area contributed by atoms with Gasteiger partial charge in [-0.15, -0.1) is 0 Å². The molecule has 1 atom stereocenters. The number of aromatic nitrogens is 1. The summed E-state index contributed by atoms with van der Waals surface area (Å²) in [6.07, 6.45) is 1.32. The largest absolute Gasteiger partial charge is 0.478 e. The Labute approximate surface area is 106 Å². The van der Waals surface area contributed by atoms with E-state index < -0.39 is 5.97 Å². The Kier molecular flexibility index (Phi) is 4.83. The van der Waals surface area contributed by atoms with E-state index in [0.717, 1.165) is 0 Å². The molecule has 1 rings (SSSR count). The van der Waals surface area contributed by atoms with Crippen LogP contribution in [0.3, 0.4) is 0 Å². The van der Waals surface area contributed by atoms with Crippen LogP contribution in [0.2, 0.25) is 0 Å². The molecule has 1 aromatic rings. The first-order valence-electron chi connectivity index (χ1n) is 5.89. The van der Waals surface area contributed by atoms with Crippen LogP contribution in [-0.4, -0.2) is 28.5 Å². The van der Waals surface area contributed by atoms with Crippen molar-refractivity contribution in [2.24, 2.45) is 11.8 Å². The summed E-state index contributed by atoms with van der Waals surface area (Å²) in [5.74, 6) is -0.576. The molecule has 0 saturated heterocycles. The molecule has 0 bridgehead atoms. The highest BCUT2D eigenvalue weighted by molar-refractivity contribution is 5.95. The highest BCUT2D eigenvalue weighted by atomic mass is 16.4. The highest BCUT2D eigenvalue weighted by Crippen LogP contribution is 2.08. The molecule has 0 fully saturated rings. The van der Waals surface area contributed by atoms with Gasteiger partial charge in [0.25, 0.3) is 5.91 Å². The molecule has 0 aromatic carbocycles. The van der Waals surface area contributed by atoms with Crippen LogP contribution in [0.5, 0.6) is 0 Å². The molecule has 0 spiro atoms. The molecule has 0 aliphatic carbocycles. The normalized spacial score (nSPS) is 12.2. The maximum Gasteiger partial charge on any atom is 0.335 e. The van der Waals surface area contributed by atoms with Crippen molar-refractivity contribution in [3.8, 4) is 0 Å². The minimum Gasteiger partial charge on any atom is -0.478 e. The predicted octanol–water partition coefficient (Wildman–Crippen LogP) is 1.80. The third-order valence-electron chi connectivity index (χ3n) is 2.96. The lowest BCUT2D eigenvalue weighted by molar-refractivity contribution is 0.0696. The van der Waals surface area contributed by atoms with Crippen molar-refractivity contribution in [3.63, 3.8) is 0 Å². The first-order chi connectivity index (χ1) is 8.41. The van der Waals surface area contributed by atoms with Crippen LogP contribution in [0.4, 0.5) is 0 Å². The van der Waals surface area contributed by atoms with Crippen LogP contribution in [0.1, 0.15) is 41.6 Å². The van der Waals surface area contributed by atoms with Crippen molar-refractivity contribution in [1.29, 1.82) is 0 Å². The van der Waals surface area contributed by atoms with Crippen LogP contribution in [0.25, 0.3) is 0 Å². The zero-order valence-electron chi connectivity index (χ0n) is 10.8. The zero-order valence-corrected chi connectivity index (χ0v) is 10.8. The van der Waals surface area contributed by atoms with Gasteiger partial charge in [-0.2, -0.15) is 0 Å². The summed E-state index contributed by atoms with van der Waals surface area (Å²) in [6, 6.07) is 2.63. The number of hydrogen-bond acceptors (Lipinski definition) is 3. The molecule has 18 heavy (non-hydrogen) atoms. The number of carboxylic acid groups (broad SMARTS) is 1. The van der Waals surface area contributed by atoms with Crippen LogP contribution < -0.4 is 5.32 Å². The number of carboxylic acids is 1. The van der Waals surface area contributed by atoms with Crippen molar-refractivity contribution in [2.45, 2.75) is 20.8 Å². The van der Waals surface area contributed by atoms with Gasteiger partial charge in [-0.25, -0.2) is 4.79 Å². The lowest BCUT2D eigenvalue weighted by Gasteiger charge is -2.15. The fourth-order valence-electron chi connectivity index (χ4n) is 1.27. The summed E-state index contributed by atoms with van der Waals surface area (Å²) >= 11 is 0. The van der Waals surface area contributed by atoms with E-state index >= 15 is 0 Å². The number of rotatable bonds is 5. The average Bonchev–Trinajstić information content (AvgIpc) is 2.35. The number of nitrogens with zero attached hydrogens (tertiary/aromatic N) is 1. The Morgan fingerprint density at radius 2 is 2.06 bits per heavy atom. The molecule has 0 radical (unpaired) electrons. The van der Waals surface area contributed by atoms with Crippen molar-refractivity contribution < 1.29 is 14.7 Å². The van der Waals surface area contributed by atoms with Gasteiger partial charge < -0.3 is 10.4 Å². The molecule has 1 heterocycles. The lowest BCUT2D eigenvalue weighted by Crippen LogP contribution is -2.30. The summed E-state index contributed by atoms with van der Waals surface area (Å²) < 4.78 is 0. The van der Waals surface area contributed by atoms with Crippen LogP contribution in [-0.2, 0) is 0 Å². The summed E-state index contributed by atoms with van der Waals surface area (Å²) in [7, 11) is 0. The average molecular weight is 250 g/mol. The fourth-order valence-corrected chi connectivity index (χ4v) is 1.27. The van der Waals surface area contributed by atoms with E-state index in [9.17, 15) is 9.59 Å². The number of hydrogen-bond donors (Lipinski definition) is 2. The molecular formula is C13H18N2O3. The third kappa shape index (κ3) is 3.84. The van der Waals surface area contributed by atoms with E-state index in [0.29, 0.717) is 18.4 Å². The van der Waals surface area contributed by atoms with Crippen molar-refractivity contribution >= 4 is 11.9 Å². The van der Waals surface area contributed by atoms with E-state index in [4.69, 9.17) is 5.11 Å². The lowest BCUT2D eigenvalue weighted by atomic mass is 9.98. The van der Waals surface area contributed by atoms with Gasteiger partial charge in [0.2, 0.25) is 0 Å². The molecule has 0 aliphatic heterocycles. The summed E-state index contributed by atoms with van der Waals surface area (Å²) in [5, 5.41) is 11.6. The Bertz CT molecular complexity index is 444. The monoisotopic (exact) mass is 250 g/mol. The number of aromatic carboxylic acids is 1. The van der Waals surface area contributed by atoms with E-state index in [1.807, 2.05) is 6.92 Å². The first kappa shape index (κ1) is 14.2. The van der Waals surface area contributed by atoms with Gasteiger partial charge in [0.1, 0.15) is 5.69 Å². The minimum absolute atomic E-state index is 0.0621. The topological polar surface area (TPSA) is 79.3 Å². The molecule has 98 valence electrons. The van der Waals surface area contributed by atoms with Crippen molar-refractivity contribution in [2.75, 3.05) is 6.54 Å².